The first-order valence-electron chi connectivity index (χ1n) is 9.46. The van der Waals surface area contributed by atoms with Gasteiger partial charge in [0.25, 0.3) is 0 Å². The number of benzene rings is 1. The zero-order valence-corrected chi connectivity index (χ0v) is 17.9. The van der Waals surface area contributed by atoms with Crippen molar-refractivity contribution in [3.8, 4) is 0 Å². The summed E-state index contributed by atoms with van der Waals surface area (Å²) in [5.41, 5.74) is 0.598. The molecular weight excluding hydrogens is 407 g/mol. The van der Waals surface area contributed by atoms with Gasteiger partial charge >= 0.3 is 0 Å². The van der Waals surface area contributed by atoms with Crippen LogP contribution in [0, 0.1) is 5.92 Å². The molecule has 1 atom stereocenters. The van der Waals surface area contributed by atoms with Gasteiger partial charge in [0.2, 0.25) is 15.9 Å². The van der Waals surface area contributed by atoms with Crippen LogP contribution in [0.4, 0.5) is 0 Å². The molecule has 8 heteroatoms. The van der Waals surface area contributed by atoms with E-state index in [0.717, 1.165) is 32.1 Å². The van der Waals surface area contributed by atoms with Gasteiger partial charge in [-0.2, -0.15) is 0 Å². The smallest absolute Gasteiger partial charge is 0.227 e. The number of hydrogen-bond acceptors (Lipinski definition) is 3. The van der Waals surface area contributed by atoms with E-state index in [2.05, 4.69) is 0 Å². The first-order valence-corrected chi connectivity index (χ1v) is 11.8. The number of carbonyl (C=O) groups is 1. The highest BCUT2D eigenvalue weighted by atomic mass is 35.5. The summed E-state index contributed by atoms with van der Waals surface area (Å²) < 4.78 is 27.2. The van der Waals surface area contributed by atoms with E-state index in [1.807, 2.05) is 11.9 Å². The fourth-order valence-electron chi connectivity index (χ4n) is 4.09. The Kier molecular flexibility index (Phi) is 6.72. The lowest BCUT2D eigenvalue weighted by atomic mass is 9.97. The first-order chi connectivity index (χ1) is 12.8. The van der Waals surface area contributed by atoms with E-state index in [9.17, 15) is 13.2 Å². The third-order valence-electron chi connectivity index (χ3n) is 5.68. The molecule has 0 radical (unpaired) electrons. The van der Waals surface area contributed by atoms with E-state index in [0.29, 0.717) is 34.6 Å². The minimum Gasteiger partial charge on any atom is -0.342 e. The molecule has 1 amide bonds. The Labute approximate surface area is 171 Å². The van der Waals surface area contributed by atoms with Crippen LogP contribution in [-0.2, 0) is 20.6 Å². The molecule has 1 aliphatic heterocycles. The molecule has 0 bridgehead atoms. The van der Waals surface area contributed by atoms with Crippen molar-refractivity contribution in [2.75, 3.05) is 20.1 Å². The second-order valence-electron chi connectivity index (χ2n) is 7.59. The number of piperidine rings is 1. The molecule has 0 N–H and O–H groups in total. The molecule has 2 fully saturated rings. The monoisotopic (exact) mass is 432 g/mol. The lowest BCUT2D eigenvalue weighted by molar-refractivity contribution is -0.137. The zero-order valence-electron chi connectivity index (χ0n) is 15.5. The molecular formula is C19H26Cl2N2O3S. The predicted molar refractivity (Wildman–Crippen MR) is 108 cm³/mol. The molecule has 0 aromatic heterocycles. The highest BCUT2D eigenvalue weighted by molar-refractivity contribution is 7.88. The molecule has 1 heterocycles. The molecule has 1 unspecified atom stereocenters. The molecule has 3 rings (SSSR count). The van der Waals surface area contributed by atoms with Crippen LogP contribution in [-0.4, -0.2) is 49.7 Å². The largest absolute Gasteiger partial charge is 0.342 e. The number of nitrogens with zero attached hydrogens (tertiary/aromatic N) is 2. The lowest BCUT2D eigenvalue weighted by Crippen LogP contribution is -2.48. The quantitative estimate of drug-likeness (QED) is 0.707. The van der Waals surface area contributed by atoms with Crippen LogP contribution in [0.3, 0.4) is 0 Å². The van der Waals surface area contributed by atoms with Crippen LogP contribution < -0.4 is 0 Å². The minimum absolute atomic E-state index is 0.0799. The zero-order chi connectivity index (χ0) is 19.6. The van der Waals surface area contributed by atoms with Crippen molar-refractivity contribution in [3.05, 3.63) is 33.8 Å². The van der Waals surface area contributed by atoms with E-state index in [-0.39, 0.29) is 24.1 Å². The highest BCUT2D eigenvalue weighted by Crippen LogP contribution is 2.28. The van der Waals surface area contributed by atoms with Gasteiger partial charge in [-0.05, 0) is 43.4 Å². The Bertz CT molecular complexity index is 794. The van der Waals surface area contributed by atoms with Crippen LogP contribution in [0.2, 0.25) is 10.0 Å². The first kappa shape index (κ1) is 20.9. The summed E-state index contributed by atoms with van der Waals surface area (Å²) in [7, 11) is -1.65. The molecule has 2 aliphatic rings. The maximum absolute atomic E-state index is 12.9. The number of hydrogen-bond donors (Lipinski definition) is 0. The maximum atomic E-state index is 12.9. The fraction of sp³-hybridized carbons (Fsp3) is 0.632. The van der Waals surface area contributed by atoms with Crippen molar-refractivity contribution >= 4 is 39.1 Å². The van der Waals surface area contributed by atoms with E-state index in [1.165, 1.54) is 4.31 Å². The van der Waals surface area contributed by atoms with Crippen LogP contribution in [0.15, 0.2) is 18.2 Å². The van der Waals surface area contributed by atoms with E-state index in [4.69, 9.17) is 23.2 Å². The summed E-state index contributed by atoms with van der Waals surface area (Å²) in [5.74, 6) is -0.312. The standard InChI is InChI=1S/C19H26Cl2N2O3S/c1-22(16-6-2-3-7-16)19(24)15-5-4-10-23(12-15)27(25,26)13-14-8-9-17(20)18(21)11-14/h8-9,11,15-16H,2-7,10,12-13H2,1H3. The molecule has 0 spiro atoms. The summed E-state index contributed by atoms with van der Waals surface area (Å²) in [4.78, 5) is 14.7. The maximum Gasteiger partial charge on any atom is 0.227 e. The Balaban J connectivity index is 1.66. The summed E-state index contributed by atoms with van der Waals surface area (Å²) in [6, 6.07) is 5.17. The third-order valence-corrected chi connectivity index (χ3v) is 8.24. The molecule has 27 heavy (non-hydrogen) atoms. The van der Waals surface area contributed by atoms with Gasteiger partial charge in [-0.25, -0.2) is 12.7 Å². The fourth-order valence-corrected chi connectivity index (χ4v) is 6.01. The SMILES string of the molecule is CN(C(=O)C1CCCN(S(=O)(=O)Cc2ccc(Cl)c(Cl)c2)C1)C1CCCC1. The van der Waals surface area contributed by atoms with Crippen molar-refractivity contribution < 1.29 is 13.2 Å². The number of rotatable bonds is 5. The van der Waals surface area contributed by atoms with Gasteiger partial charge in [-0.1, -0.05) is 42.1 Å². The summed E-state index contributed by atoms with van der Waals surface area (Å²) >= 11 is 11.9. The lowest BCUT2D eigenvalue weighted by Gasteiger charge is -2.35. The normalized spacial score (nSPS) is 22.1. The topological polar surface area (TPSA) is 57.7 Å². The van der Waals surface area contributed by atoms with Crippen molar-refractivity contribution in [2.45, 2.75) is 50.3 Å². The van der Waals surface area contributed by atoms with Crippen molar-refractivity contribution in [1.82, 2.24) is 9.21 Å². The van der Waals surface area contributed by atoms with Crippen LogP contribution in [0.1, 0.15) is 44.1 Å². The predicted octanol–water partition coefficient (Wildman–Crippen LogP) is 3.94. The van der Waals surface area contributed by atoms with Gasteiger partial charge in [-0.15, -0.1) is 0 Å². The Morgan fingerprint density at radius 1 is 1.15 bits per heavy atom. The second-order valence-corrected chi connectivity index (χ2v) is 10.4. The number of halogens is 2. The Morgan fingerprint density at radius 2 is 1.85 bits per heavy atom. The molecule has 1 saturated heterocycles. The Hall–Kier alpha value is -0.820. The molecule has 1 aliphatic carbocycles. The van der Waals surface area contributed by atoms with Gasteiger partial charge in [-0.3, -0.25) is 4.79 Å². The van der Waals surface area contributed by atoms with Gasteiger partial charge < -0.3 is 4.90 Å². The molecule has 1 aromatic carbocycles. The summed E-state index contributed by atoms with van der Waals surface area (Å²) in [5, 5.41) is 0.741. The second kappa shape index (κ2) is 8.68. The number of amides is 1. The average molecular weight is 433 g/mol. The molecule has 150 valence electrons. The van der Waals surface area contributed by atoms with Gasteiger partial charge in [0.15, 0.2) is 0 Å². The van der Waals surface area contributed by atoms with Gasteiger partial charge in [0, 0.05) is 26.2 Å². The summed E-state index contributed by atoms with van der Waals surface area (Å²) in [6.45, 7) is 0.722. The molecule has 1 aromatic rings. The number of sulfonamides is 1. The average Bonchev–Trinajstić information content (AvgIpc) is 3.18. The van der Waals surface area contributed by atoms with Gasteiger partial charge in [0.1, 0.15) is 0 Å². The Morgan fingerprint density at radius 3 is 2.52 bits per heavy atom. The van der Waals surface area contributed by atoms with Crippen molar-refractivity contribution in [3.63, 3.8) is 0 Å². The van der Waals surface area contributed by atoms with Gasteiger partial charge in [0.05, 0.1) is 21.7 Å². The molecule has 1 saturated carbocycles. The van der Waals surface area contributed by atoms with E-state index in [1.54, 1.807) is 18.2 Å². The third kappa shape index (κ3) is 4.97. The van der Waals surface area contributed by atoms with Crippen LogP contribution in [0.25, 0.3) is 0 Å². The molecule has 5 nitrogen and oxygen atoms in total. The van der Waals surface area contributed by atoms with Crippen molar-refractivity contribution in [2.24, 2.45) is 5.92 Å². The van der Waals surface area contributed by atoms with Crippen molar-refractivity contribution in [1.29, 1.82) is 0 Å². The van der Waals surface area contributed by atoms with Crippen LogP contribution in [0.5, 0.6) is 0 Å². The number of carbonyl (C=O) groups excluding carboxylic acids is 1. The van der Waals surface area contributed by atoms with E-state index < -0.39 is 10.0 Å². The highest BCUT2D eigenvalue weighted by Gasteiger charge is 2.35. The summed E-state index contributed by atoms with van der Waals surface area (Å²) in [6.07, 6.45) is 5.88. The van der Waals surface area contributed by atoms with E-state index >= 15 is 0 Å². The minimum atomic E-state index is -3.52. The van der Waals surface area contributed by atoms with Crippen LogP contribution >= 0.6 is 23.2 Å².